The Hall–Kier alpha value is -8.23. The van der Waals surface area contributed by atoms with Crippen LogP contribution in [-0.2, 0) is 62.1 Å². The first-order valence-electron chi connectivity index (χ1n) is 39.4. The molecule has 594 valence electrons. The van der Waals surface area contributed by atoms with Crippen LogP contribution in [0.25, 0.3) is 0 Å². The fourth-order valence-electron chi connectivity index (χ4n) is 12.6. The number of unbranched alkanes of at least 4 members (excludes halogenated alkanes) is 15. The number of alkyl halides is 2. The van der Waals surface area contributed by atoms with Gasteiger partial charge in [0.25, 0.3) is 23.6 Å². The van der Waals surface area contributed by atoms with Crippen molar-refractivity contribution in [3.63, 3.8) is 0 Å². The fourth-order valence-corrected chi connectivity index (χ4v) is 12.6. The molecule has 106 heavy (non-hydrogen) atoms. The van der Waals surface area contributed by atoms with E-state index in [9.17, 15) is 51.9 Å². The highest BCUT2D eigenvalue weighted by molar-refractivity contribution is 6.07. The van der Waals surface area contributed by atoms with Gasteiger partial charge in [-0.25, -0.2) is 0 Å². The normalized spacial score (nSPS) is 17.7. The lowest BCUT2D eigenvalue weighted by Gasteiger charge is -2.27. The van der Waals surface area contributed by atoms with Gasteiger partial charge in [-0.1, -0.05) is 92.9 Å². The molecule has 5 N–H and O–H groups in total. The molecular formula is C84H131F2N7O13. The van der Waals surface area contributed by atoms with E-state index >= 15 is 0 Å². The largest absolute Gasteiger partial charge is 0.499 e. The van der Waals surface area contributed by atoms with Gasteiger partial charge in [-0.05, 0) is 142 Å². The molecule has 4 aliphatic heterocycles. The van der Waals surface area contributed by atoms with Crippen LogP contribution in [-0.4, -0.2) is 159 Å². The van der Waals surface area contributed by atoms with Crippen LogP contribution in [0.5, 0.6) is 0 Å². The van der Waals surface area contributed by atoms with Crippen LogP contribution in [0.1, 0.15) is 256 Å². The van der Waals surface area contributed by atoms with Crippen molar-refractivity contribution in [2.75, 3.05) is 62.4 Å². The van der Waals surface area contributed by atoms with E-state index in [1.54, 1.807) is 7.11 Å². The molecule has 0 fully saturated rings. The van der Waals surface area contributed by atoms with Crippen molar-refractivity contribution in [1.82, 2.24) is 24.9 Å². The third-order valence-corrected chi connectivity index (χ3v) is 18.8. The van der Waals surface area contributed by atoms with E-state index in [-0.39, 0.29) is 107 Å². The molecule has 22 heteroatoms. The van der Waals surface area contributed by atoms with Gasteiger partial charge in [0.2, 0.25) is 29.5 Å². The van der Waals surface area contributed by atoms with Gasteiger partial charge in [0.15, 0.2) is 0 Å². The van der Waals surface area contributed by atoms with Crippen LogP contribution in [0.3, 0.4) is 0 Å². The molecule has 0 bridgehead atoms. The van der Waals surface area contributed by atoms with Crippen molar-refractivity contribution in [2.45, 2.75) is 278 Å². The number of halogens is 2. The molecule has 0 unspecified atom stereocenters. The van der Waals surface area contributed by atoms with Crippen molar-refractivity contribution in [3.8, 4) is 61.7 Å². The Bertz CT molecular complexity index is 2820. The second-order valence-electron chi connectivity index (χ2n) is 26.9. The molecule has 0 radical (unpaired) electrons. The van der Waals surface area contributed by atoms with Crippen LogP contribution >= 0.6 is 0 Å². The molecule has 4 heterocycles. The van der Waals surface area contributed by atoms with Crippen LogP contribution < -0.4 is 16.8 Å². The molecular weight excluding hydrogens is 1350 g/mol. The van der Waals surface area contributed by atoms with E-state index < -0.39 is 14.3 Å². The summed E-state index contributed by atoms with van der Waals surface area (Å²) in [5.74, 6) is 12.9. The SMILES string of the molecule is C#CCCCC[C@@H](C)C(=O)N1C(=O)C=C(OC)[C@@H]1CCCCN.C#CCCCC[C@@H](C)C(=O)N1C(=O)C=C(OC)[C@@H]1CCCCNC(=O)[C@@H](C)CCCCC#C.C#CCCCC[C@H](C)C(=O)N1C(=O)C=C(OC)[C@@H]1CCCCC.C#CCCCC[C@H](C)C(=O)N1C(=O)C=C(OC)[C@@H]1CCCCN.[2H]CF.[2H]CF. The summed E-state index contributed by atoms with van der Waals surface area (Å²) in [5, 5.41) is 2.98. The molecule has 9 amide bonds. The van der Waals surface area contributed by atoms with Gasteiger partial charge in [-0.15, -0.1) is 61.7 Å². The monoisotopic (exact) mass is 1490 g/mol. The summed E-state index contributed by atoms with van der Waals surface area (Å²) in [5.41, 5.74) is 11.0. The van der Waals surface area contributed by atoms with E-state index in [1.807, 2.05) is 34.6 Å². The van der Waals surface area contributed by atoms with Crippen molar-refractivity contribution >= 4 is 53.2 Å². The van der Waals surface area contributed by atoms with Crippen LogP contribution in [0.4, 0.5) is 8.78 Å². The molecule has 0 aromatic heterocycles. The summed E-state index contributed by atoms with van der Waals surface area (Å²) >= 11 is 0. The average Bonchev–Trinajstić information content (AvgIpc) is 1.69. The number of amides is 9. The van der Waals surface area contributed by atoms with Crippen molar-refractivity contribution < 1.29 is 73.6 Å². The molecule has 4 aliphatic rings. The Labute approximate surface area is 639 Å². The van der Waals surface area contributed by atoms with E-state index in [0.29, 0.717) is 74.8 Å². The Morgan fingerprint density at radius 2 is 0.642 bits per heavy atom. The third kappa shape index (κ3) is 36.9. The van der Waals surface area contributed by atoms with Gasteiger partial charge >= 0.3 is 0 Å². The lowest BCUT2D eigenvalue weighted by atomic mass is 10.00. The number of nitrogens with two attached hydrogens (primary N) is 2. The molecule has 0 aliphatic carbocycles. The fraction of sp³-hybridized carbons (Fsp3) is 0.679. The van der Waals surface area contributed by atoms with E-state index in [0.717, 1.165) is 180 Å². The van der Waals surface area contributed by atoms with Gasteiger partial charge in [0, 0.05) is 92.5 Å². The van der Waals surface area contributed by atoms with Crippen LogP contribution in [0, 0.1) is 91.3 Å². The highest BCUT2D eigenvalue weighted by Gasteiger charge is 2.43. The van der Waals surface area contributed by atoms with Gasteiger partial charge < -0.3 is 35.7 Å². The summed E-state index contributed by atoms with van der Waals surface area (Å²) in [4.78, 5) is 118. The molecule has 4 rings (SSSR count). The van der Waals surface area contributed by atoms with E-state index in [1.165, 1.54) is 65.2 Å². The Kier molecular flexibility index (Phi) is 55.9. The second kappa shape index (κ2) is 61.9. The topological polar surface area (TPSA) is 268 Å². The van der Waals surface area contributed by atoms with E-state index in [4.69, 9.17) is 65.3 Å². The van der Waals surface area contributed by atoms with Crippen molar-refractivity contribution in [3.05, 3.63) is 47.3 Å². The quantitative estimate of drug-likeness (QED) is 0.0378. The van der Waals surface area contributed by atoms with Crippen molar-refractivity contribution in [1.29, 1.82) is 0 Å². The van der Waals surface area contributed by atoms with Gasteiger partial charge in [-0.3, -0.25) is 71.5 Å². The zero-order valence-corrected chi connectivity index (χ0v) is 65.8. The number of carbonyl (C=O) groups is 9. The number of imide groups is 4. The molecule has 0 saturated heterocycles. The molecule has 0 spiro atoms. The Balaban J connectivity index is 0. The molecule has 0 aromatic carbocycles. The number of terminal acetylenes is 5. The third-order valence-electron chi connectivity index (χ3n) is 18.8. The number of nitrogens with zero attached hydrogens (tertiary/aromatic N) is 4. The highest BCUT2D eigenvalue weighted by Crippen LogP contribution is 2.32. The molecule has 0 aromatic rings. The zero-order chi connectivity index (χ0) is 81.8. The minimum absolute atomic E-state index is 0.0338. The number of rotatable bonds is 46. The number of ether oxygens (including phenoxy) is 4. The Morgan fingerprint density at radius 3 is 0.858 bits per heavy atom. The lowest BCUT2D eigenvalue weighted by molar-refractivity contribution is -0.147. The maximum Gasteiger partial charge on any atom is 0.257 e. The molecule has 20 nitrogen and oxygen atoms in total. The molecule has 0 saturated carbocycles. The van der Waals surface area contributed by atoms with Crippen LogP contribution in [0.2, 0.25) is 0 Å². The number of nitrogens with one attached hydrogen (secondary N) is 1. The summed E-state index contributed by atoms with van der Waals surface area (Å²) in [6.45, 7) is 13.3. The first-order valence-corrected chi connectivity index (χ1v) is 37.9. The minimum Gasteiger partial charge on any atom is -0.499 e. The smallest absolute Gasteiger partial charge is 0.257 e. The minimum atomic E-state index is -1.00. The van der Waals surface area contributed by atoms with E-state index in [2.05, 4.69) is 41.8 Å². The number of hydrogen-bond acceptors (Lipinski definition) is 15. The predicted molar refractivity (Wildman–Crippen MR) is 416 cm³/mol. The standard InChI is InChI=1S/C27H40N2O4.C19H29NO3.2C18H28N2O3.2CH3F/c1-6-8-10-12-16-21(3)26(31)28-19-15-14-18-23-24(33-5)20-25(30)29(23)27(32)22(4)17-13-11-9-7-2;1-5-7-9-11-12-15(3)19(22)20-16(13-10-8-6-2)17(23-4)14-18(20)21;2*1-4-5-6-7-10-14(2)18(22)20-15(11-8-9-12-19)16(23-3)13-17(20)21;2*1-2/h1-2,20-23H,8-19H2,3-5H3,(H,28,31);1,14-16H,6-13H2,2-4H3;2*1,13-15H,5-12,19H2,2-3H3;2*1H3/t21-,22+,23-;15-,16-;14-,15+;14-,15-;;/m0010../s1/i;;;;2*1D. The van der Waals surface area contributed by atoms with Gasteiger partial charge in [0.1, 0.15) is 23.0 Å². The first kappa shape index (κ1) is 95.8. The number of methoxy groups -OCH3 is 4. The maximum atomic E-state index is 13.0. The highest BCUT2D eigenvalue weighted by atomic mass is 19.1. The Morgan fingerprint density at radius 1 is 0.415 bits per heavy atom. The predicted octanol–water partition coefficient (Wildman–Crippen LogP) is 13.5. The summed E-state index contributed by atoms with van der Waals surface area (Å²) in [7, 11) is 4.15. The molecule has 9 atom stereocenters. The summed E-state index contributed by atoms with van der Waals surface area (Å²) in [6, 6.07) is -1.20. The first-order chi connectivity index (χ1) is 51.9. The summed E-state index contributed by atoms with van der Waals surface area (Å²) in [6.07, 6.45) is 59.3. The van der Waals surface area contributed by atoms with Crippen molar-refractivity contribution in [2.24, 2.45) is 41.1 Å². The second-order valence-corrected chi connectivity index (χ2v) is 26.9. The van der Waals surface area contributed by atoms with Crippen LogP contribution in [0.15, 0.2) is 47.3 Å². The maximum absolute atomic E-state index is 13.0. The van der Waals surface area contributed by atoms with Gasteiger partial charge in [-0.2, -0.15) is 0 Å². The summed E-state index contributed by atoms with van der Waals surface area (Å²) < 4.78 is 52.3. The number of carbonyl (C=O) groups excluding carboxylic acids is 9. The number of hydrogen-bond donors (Lipinski definition) is 3. The average molecular weight is 1490 g/mol. The zero-order valence-electron chi connectivity index (χ0n) is 67.8. The lowest BCUT2D eigenvalue weighted by Crippen LogP contribution is -2.43. The van der Waals surface area contributed by atoms with Gasteiger partial charge in [0.05, 0.1) is 69.7 Å².